The zero-order valence-corrected chi connectivity index (χ0v) is 12.3. The van der Waals surface area contributed by atoms with Gasteiger partial charge in [-0.25, -0.2) is 4.98 Å². The van der Waals surface area contributed by atoms with E-state index < -0.39 is 11.2 Å². The number of nitrogens with one attached hydrogen (secondary N) is 1. The second-order valence-electron chi connectivity index (χ2n) is 4.30. The van der Waals surface area contributed by atoms with Crippen molar-refractivity contribution in [2.75, 3.05) is 7.05 Å². The first kappa shape index (κ1) is 15.3. The lowest BCUT2D eigenvalue weighted by atomic mass is 10.0. The average molecular weight is 321 g/mol. The standard InChI is InChI=1S/C13H12ClF3N2S/c1-7-3-4-8(5-9(7)14)11(18-2)10-6-19-12(20-10)13(15,16)17/h3-6,11,18H,1-2H3. The van der Waals surface area contributed by atoms with Gasteiger partial charge in [0.25, 0.3) is 0 Å². The van der Waals surface area contributed by atoms with Crippen LogP contribution in [0.2, 0.25) is 5.02 Å². The molecule has 0 bridgehead atoms. The van der Waals surface area contributed by atoms with E-state index in [4.69, 9.17) is 11.6 Å². The van der Waals surface area contributed by atoms with E-state index in [1.165, 1.54) is 6.20 Å². The molecular weight excluding hydrogens is 309 g/mol. The number of rotatable bonds is 3. The van der Waals surface area contributed by atoms with Crippen molar-refractivity contribution in [3.05, 3.63) is 50.4 Å². The van der Waals surface area contributed by atoms with Gasteiger partial charge in [-0.1, -0.05) is 23.7 Å². The highest BCUT2D eigenvalue weighted by Gasteiger charge is 2.35. The number of alkyl halides is 3. The average Bonchev–Trinajstić information content (AvgIpc) is 2.84. The van der Waals surface area contributed by atoms with E-state index in [1.54, 1.807) is 13.1 Å². The molecule has 0 fully saturated rings. The van der Waals surface area contributed by atoms with Crippen molar-refractivity contribution < 1.29 is 13.2 Å². The van der Waals surface area contributed by atoms with Gasteiger partial charge in [-0.05, 0) is 31.2 Å². The summed E-state index contributed by atoms with van der Waals surface area (Å²) in [5, 5.41) is 2.74. The number of nitrogens with zero attached hydrogens (tertiary/aromatic N) is 1. The number of hydrogen-bond donors (Lipinski definition) is 1. The number of aryl methyl sites for hydroxylation is 1. The third kappa shape index (κ3) is 3.13. The first-order valence-electron chi connectivity index (χ1n) is 5.79. The van der Waals surface area contributed by atoms with E-state index in [2.05, 4.69) is 10.3 Å². The maximum absolute atomic E-state index is 12.6. The van der Waals surface area contributed by atoms with E-state index in [1.807, 2.05) is 19.1 Å². The monoisotopic (exact) mass is 320 g/mol. The van der Waals surface area contributed by atoms with Crippen LogP contribution >= 0.6 is 22.9 Å². The van der Waals surface area contributed by atoms with E-state index in [0.717, 1.165) is 11.1 Å². The molecule has 1 heterocycles. The highest BCUT2D eigenvalue weighted by atomic mass is 35.5. The number of aromatic nitrogens is 1. The second kappa shape index (κ2) is 5.71. The van der Waals surface area contributed by atoms with Gasteiger partial charge < -0.3 is 5.32 Å². The number of thiazole rings is 1. The third-order valence-corrected chi connectivity index (χ3v) is 4.38. The maximum atomic E-state index is 12.6. The molecule has 0 aliphatic heterocycles. The Labute approximate surface area is 123 Å². The van der Waals surface area contributed by atoms with Crippen LogP contribution in [-0.4, -0.2) is 12.0 Å². The lowest BCUT2D eigenvalue weighted by Crippen LogP contribution is -2.16. The fourth-order valence-corrected chi connectivity index (χ4v) is 2.92. The lowest BCUT2D eigenvalue weighted by Gasteiger charge is -2.15. The summed E-state index contributed by atoms with van der Waals surface area (Å²) in [6.45, 7) is 1.87. The van der Waals surface area contributed by atoms with Gasteiger partial charge in [0.15, 0.2) is 5.01 Å². The molecule has 0 radical (unpaired) electrons. The van der Waals surface area contributed by atoms with E-state index in [9.17, 15) is 13.2 Å². The van der Waals surface area contributed by atoms with E-state index >= 15 is 0 Å². The summed E-state index contributed by atoms with van der Waals surface area (Å²) in [5.41, 5.74) is 1.73. The van der Waals surface area contributed by atoms with Crippen molar-refractivity contribution in [2.45, 2.75) is 19.1 Å². The molecule has 0 saturated heterocycles. The van der Waals surface area contributed by atoms with Gasteiger partial charge in [-0.3, -0.25) is 0 Å². The minimum absolute atomic E-state index is 0.360. The Balaban J connectivity index is 2.37. The largest absolute Gasteiger partial charge is 0.443 e. The molecular formula is C13H12ClF3N2S. The molecule has 0 amide bonds. The zero-order chi connectivity index (χ0) is 14.9. The fourth-order valence-electron chi connectivity index (χ4n) is 1.81. The normalized spacial score (nSPS) is 13.5. The topological polar surface area (TPSA) is 24.9 Å². The van der Waals surface area contributed by atoms with E-state index in [0.29, 0.717) is 21.2 Å². The molecule has 108 valence electrons. The van der Waals surface area contributed by atoms with Crippen LogP contribution in [0, 0.1) is 6.92 Å². The molecule has 2 aromatic rings. The summed E-state index contributed by atoms with van der Waals surface area (Å²) in [6.07, 6.45) is -3.16. The first-order valence-corrected chi connectivity index (χ1v) is 6.98. The molecule has 7 heteroatoms. The Morgan fingerprint density at radius 2 is 2.05 bits per heavy atom. The highest BCUT2D eigenvalue weighted by molar-refractivity contribution is 7.11. The van der Waals surface area contributed by atoms with Gasteiger partial charge in [0.05, 0.1) is 6.04 Å². The van der Waals surface area contributed by atoms with Crippen LogP contribution in [-0.2, 0) is 6.18 Å². The molecule has 1 unspecified atom stereocenters. The van der Waals surface area contributed by atoms with Crippen LogP contribution in [0.25, 0.3) is 0 Å². The Bertz CT molecular complexity index is 610. The van der Waals surface area contributed by atoms with Crippen molar-refractivity contribution in [3.63, 3.8) is 0 Å². The molecule has 0 aliphatic rings. The van der Waals surface area contributed by atoms with Crippen molar-refractivity contribution in [3.8, 4) is 0 Å². The second-order valence-corrected chi connectivity index (χ2v) is 5.77. The Morgan fingerprint density at radius 1 is 1.35 bits per heavy atom. The predicted octanol–water partition coefficient (Wildman–Crippen LogP) is 4.43. The fraction of sp³-hybridized carbons (Fsp3) is 0.308. The molecule has 0 spiro atoms. The molecule has 2 nitrogen and oxygen atoms in total. The quantitative estimate of drug-likeness (QED) is 0.904. The molecule has 1 N–H and O–H groups in total. The van der Waals surface area contributed by atoms with Crippen LogP contribution in [0.15, 0.2) is 24.4 Å². The van der Waals surface area contributed by atoms with Crippen LogP contribution in [0.4, 0.5) is 13.2 Å². The maximum Gasteiger partial charge on any atom is 0.443 e. The Morgan fingerprint density at radius 3 is 2.55 bits per heavy atom. The number of hydrogen-bond acceptors (Lipinski definition) is 3. The van der Waals surface area contributed by atoms with Gasteiger partial charge >= 0.3 is 6.18 Å². The van der Waals surface area contributed by atoms with Crippen LogP contribution in [0.3, 0.4) is 0 Å². The minimum atomic E-state index is -4.41. The van der Waals surface area contributed by atoms with Crippen molar-refractivity contribution in [2.24, 2.45) is 0 Å². The smallest absolute Gasteiger partial charge is 0.309 e. The first-order chi connectivity index (χ1) is 9.32. The van der Waals surface area contributed by atoms with Gasteiger partial charge in [0, 0.05) is 16.1 Å². The molecule has 1 aromatic heterocycles. The van der Waals surface area contributed by atoms with Gasteiger partial charge in [-0.15, -0.1) is 11.3 Å². The Hall–Kier alpha value is -1.11. The molecule has 20 heavy (non-hydrogen) atoms. The summed E-state index contributed by atoms with van der Waals surface area (Å²) >= 11 is 6.70. The summed E-state index contributed by atoms with van der Waals surface area (Å²) in [4.78, 5) is 3.94. The van der Waals surface area contributed by atoms with Gasteiger partial charge in [-0.2, -0.15) is 13.2 Å². The minimum Gasteiger partial charge on any atom is -0.309 e. The highest BCUT2D eigenvalue weighted by Crippen LogP contribution is 2.36. The SMILES string of the molecule is CNC(c1ccc(C)c(Cl)c1)c1cnc(C(F)(F)F)s1. The summed E-state index contributed by atoms with van der Waals surface area (Å²) in [6, 6.07) is 5.08. The summed E-state index contributed by atoms with van der Waals surface area (Å²) < 4.78 is 37.8. The van der Waals surface area contributed by atoms with Crippen molar-refractivity contribution in [1.82, 2.24) is 10.3 Å². The van der Waals surface area contributed by atoms with Crippen LogP contribution < -0.4 is 5.32 Å². The molecule has 0 aliphatic carbocycles. The van der Waals surface area contributed by atoms with Crippen molar-refractivity contribution in [1.29, 1.82) is 0 Å². The third-order valence-electron chi connectivity index (χ3n) is 2.87. The summed E-state index contributed by atoms with van der Waals surface area (Å²) in [5.74, 6) is 0. The van der Waals surface area contributed by atoms with E-state index in [-0.39, 0.29) is 6.04 Å². The van der Waals surface area contributed by atoms with Gasteiger partial charge in [0.1, 0.15) is 0 Å². The zero-order valence-electron chi connectivity index (χ0n) is 10.8. The van der Waals surface area contributed by atoms with Crippen molar-refractivity contribution >= 4 is 22.9 Å². The molecule has 1 aromatic carbocycles. The lowest BCUT2D eigenvalue weighted by molar-refractivity contribution is -0.137. The summed E-state index contributed by atoms with van der Waals surface area (Å²) in [7, 11) is 1.69. The molecule has 2 rings (SSSR count). The number of halogens is 4. The predicted molar refractivity (Wildman–Crippen MR) is 74.2 cm³/mol. The Kier molecular flexibility index (Phi) is 4.36. The molecule has 1 atom stereocenters. The van der Waals surface area contributed by atoms with Gasteiger partial charge in [0.2, 0.25) is 0 Å². The van der Waals surface area contributed by atoms with Crippen LogP contribution in [0.1, 0.15) is 27.1 Å². The van der Waals surface area contributed by atoms with Crippen LogP contribution in [0.5, 0.6) is 0 Å². The molecule has 0 saturated carbocycles. The number of benzene rings is 1.